The molecule has 0 atom stereocenters. The van der Waals surface area contributed by atoms with E-state index >= 15 is 0 Å². The average Bonchev–Trinajstić information content (AvgIpc) is 2.93. The predicted molar refractivity (Wildman–Crippen MR) is 79.9 cm³/mol. The van der Waals surface area contributed by atoms with Gasteiger partial charge in [-0.1, -0.05) is 16.8 Å². The molecule has 0 fully saturated rings. The first-order valence-corrected chi connectivity index (χ1v) is 6.83. The van der Waals surface area contributed by atoms with Crippen molar-refractivity contribution in [2.75, 3.05) is 0 Å². The van der Waals surface area contributed by atoms with Crippen LogP contribution in [0.25, 0.3) is 0 Å². The van der Waals surface area contributed by atoms with Gasteiger partial charge in [-0.2, -0.15) is 5.10 Å². The number of rotatable bonds is 5. The number of oxime groups is 1. The largest absolute Gasteiger partial charge is 0.485 e. The summed E-state index contributed by atoms with van der Waals surface area (Å²) in [5.41, 5.74) is 2.36. The highest BCUT2D eigenvalue weighted by Gasteiger charge is 2.12. The molecule has 0 radical (unpaired) electrons. The van der Waals surface area contributed by atoms with E-state index < -0.39 is 0 Å². The van der Waals surface area contributed by atoms with E-state index in [-0.39, 0.29) is 6.04 Å². The van der Waals surface area contributed by atoms with E-state index in [1.165, 1.54) is 6.33 Å². The molecule has 1 aromatic carbocycles. The zero-order chi connectivity index (χ0) is 15.4. The third kappa shape index (κ3) is 3.39. The molecule has 21 heavy (non-hydrogen) atoms. The summed E-state index contributed by atoms with van der Waals surface area (Å²) in [6.45, 7) is 8.11. The zero-order valence-electron chi connectivity index (χ0n) is 12.7. The molecular weight excluding hydrogens is 268 g/mol. The molecule has 0 unspecified atom stereocenters. The van der Waals surface area contributed by atoms with Gasteiger partial charge in [0.25, 0.3) is 0 Å². The molecule has 6 heteroatoms. The molecule has 2 rings (SSSR count). The molecule has 0 amide bonds. The van der Waals surface area contributed by atoms with Crippen molar-refractivity contribution in [3.05, 3.63) is 41.5 Å². The minimum Gasteiger partial charge on any atom is -0.485 e. The van der Waals surface area contributed by atoms with Crippen LogP contribution in [0.5, 0.6) is 5.75 Å². The maximum atomic E-state index is 8.98. The molecule has 2 aromatic rings. The van der Waals surface area contributed by atoms with Crippen LogP contribution in [0, 0.1) is 6.92 Å². The fourth-order valence-electron chi connectivity index (χ4n) is 2.06. The first-order chi connectivity index (χ1) is 10.0. The van der Waals surface area contributed by atoms with Crippen molar-refractivity contribution in [1.82, 2.24) is 14.8 Å². The van der Waals surface area contributed by atoms with E-state index in [4.69, 9.17) is 9.94 Å². The minimum absolute atomic E-state index is 0.226. The molecule has 0 aliphatic carbocycles. The SMILES string of the molecule is CC(=NO)c1cc(C)ccc1OCc1ncnn1C(C)C. The van der Waals surface area contributed by atoms with Crippen LogP contribution >= 0.6 is 0 Å². The van der Waals surface area contributed by atoms with Crippen LogP contribution in [-0.2, 0) is 6.61 Å². The van der Waals surface area contributed by atoms with Crippen LogP contribution in [0.4, 0.5) is 0 Å². The van der Waals surface area contributed by atoms with Crippen LogP contribution in [0.15, 0.2) is 29.7 Å². The molecule has 1 aromatic heterocycles. The average molecular weight is 288 g/mol. The van der Waals surface area contributed by atoms with E-state index in [0.29, 0.717) is 18.1 Å². The van der Waals surface area contributed by atoms with Crippen molar-refractivity contribution in [2.45, 2.75) is 40.3 Å². The van der Waals surface area contributed by atoms with Gasteiger partial charge in [0.05, 0.1) is 5.71 Å². The lowest BCUT2D eigenvalue weighted by Gasteiger charge is -2.13. The molecule has 0 saturated carbocycles. The fraction of sp³-hybridized carbons (Fsp3) is 0.400. The maximum Gasteiger partial charge on any atom is 0.165 e. The summed E-state index contributed by atoms with van der Waals surface area (Å²) < 4.78 is 7.66. The number of nitrogens with zero attached hydrogens (tertiary/aromatic N) is 4. The Balaban J connectivity index is 2.22. The Morgan fingerprint density at radius 3 is 2.86 bits per heavy atom. The topological polar surface area (TPSA) is 72.5 Å². The van der Waals surface area contributed by atoms with Gasteiger partial charge in [-0.15, -0.1) is 0 Å². The number of hydrogen-bond donors (Lipinski definition) is 1. The molecule has 6 nitrogen and oxygen atoms in total. The van der Waals surface area contributed by atoms with Crippen LogP contribution in [-0.4, -0.2) is 25.7 Å². The highest BCUT2D eigenvalue weighted by molar-refractivity contribution is 6.00. The van der Waals surface area contributed by atoms with E-state index in [0.717, 1.165) is 17.0 Å². The number of aromatic nitrogens is 3. The number of benzene rings is 1. The molecule has 0 spiro atoms. The van der Waals surface area contributed by atoms with Gasteiger partial charge in [-0.25, -0.2) is 9.67 Å². The number of ether oxygens (including phenoxy) is 1. The van der Waals surface area contributed by atoms with Crippen molar-refractivity contribution in [3.8, 4) is 5.75 Å². The predicted octanol–water partition coefficient (Wildman–Crippen LogP) is 2.94. The summed E-state index contributed by atoms with van der Waals surface area (Å²) in [6.07, 6.45) is 1.52. The Hall–Kier alpha value is -2.37. The standard InChI is InChI=1S/C15H20N4O2/c1-10(2)19-15(16-9-17-19)8-21-14-6-5-11(3)7-13(14)12(4)18-20/h5-7,9-10,20H,8H2,1-4H3. The molecule has 0 aliphatic rings. The van der Waals surface area contributed by atoms with Crippen LogP contribution < -0.4 is 4.74 Å². The maximum absolute atomic E-state index is 8.98. The third-order valence-electron chi connectivity index (χ3n) is 3.17. The summed E-state index contributed by atoms with van der Waals surface area (Å²) in [7, 11) is 0. The van der Waals surface area contributed by atoms with Crippen molar-refractivity contribution >= 4 is 5.71 Å². The van der Waals surface area contributed by atoms with Gasteiger partial charge in [0, 0.05) is 11.6 Å². The summed E-state index contributed by atoms with van der Waals surface area (Å²) in [5, 5.41) is 16.4. The Morgan fingerprint density at radius 2 is 2.19 bits per heavy atom. The molecule has 1 N–H and O–H groups in total. The van der Waals surface area contributed by atoms with Gasteiger partial charge < -0.3 is 9.94 Å². The molecule has 0 bridgehead atoms. The zero-order valence-corrected chi connectivity index (χ0v) is 12.7. The van der Waals surface area contributed by atoms with Crippen molar-refractivity contribution < 1.29 is 9.94 Å². The van der Waals surface area contributed by atoms with Crippen LogP contribution in [0.3, 0.4) is 0 Å². The van der Waals surface area contributed by atoms with Crippen molar-refractivity contribution in [2.24, 2.45) is 5.16 Å². The summed E-state index contributed by atoms with van der Waals surface area (Å²) in [6, 6.07) is 5.98. The number of aryl methyl sites for hydroxylation is 1. The highest BCUT2D eigenvalue weighted by atomic mass is 16.5. The Labute approximate surface area is 124 Å². The first-order valence-electron chi connectivity index (χ1n) is 6.83. The van der Waals surface area contributed by atoms with Crippen LogP contribution in [0.2, 0.25) is 0 Å². The third-order valence-corrected chi connectivity index (χ3v) is 3.17. The second-order valence-corrected chi connectivity index (χ2v) is 5.19. The van der Waals surface area contributed by atoms with E-state index in [1.54, 1.807) is 6.92 Å². The van der Waals surface area contributed by atoms with Crippen molar-refractivity contribution in [1.29, 1.82) is 0 Å². The van der Waals surface area contributed by atoms with Gasteiger partial charge in [-0.05, 0) is 39.8 Å². The van der Waals surface area contributed by atoms with Crippen LogP contribution in [0.1, 0.15) is 43.8 Å². The van der Waals surface area contributed by atoms with Gasteiger partial charge >= 0.3 is 0 Å². The monoisotopic (exact) mass is 288 g/mol. The summed E-state index contributed by atoms with van der Waals surface area (Å²) in [4.78, 5) is 4.21. The summed E-state index contributed by atoms with van der Waals surface area (Å²) >= 11 is 0. The minimum atomic E-state index is 0.226. The summed E-state index contributed by atoms with van der Waals surface area (Å²) in [5.74, 6) is 1.42. The molecular formula is C15H20N4O2. The van der Waals surface area contributed by atoms with Gasteiger partial charge in [0.15, 0.2) is 5.82 Å². The molecule has 0 aliphatic heterocycles. The Morgan fingerprint density at radius 1 is 1.43 bits per heavy atom. The lowest BCUT2D eigenvalue weighted by Crippen LogP contribution is -2.11. The van der Waals surface area contributed by atoms with E-state index in [2.05, 4.69) is 15.2 Å². The molecule has 1 heterocycles. The van der Waals surface area contributed by atoms with Gasteiger partial charge in [0.1, 0.15) is 18.7 Å². The van der Waals surface area contributed by atoms with E-state index in [1.807, 2.05) is 43.7 Å². The molecule has 0 saturated heterocycles. The molecule has 112 valence electrons. The second-order valence-electron chi connectivity index (χ2n) is 5.19. The van der Waals surface area contributed by atoms with Crippen molar-refractivity contribution in [3.63, 3.8) is 0 Å². The highest BCUT2D eigenvalue weighted by Crippen LogP contribution is 2.22. The van der Waals surface area contributed by atoms with Gasteiger partial charge in [-0.3, -0.25) is 0 Å². The Bertz CT molecular complexity index is 647. The second kappa shape index (κ2) is 6.39. The quantitative estimate of drug-likeness (QED) is 0.521. The van der Waals surface area contributed by atoms with Gasteiger partial charge in [0.2, 0.25) is 0 Å². The Kier molecular flexibility index (Phi) is 4.57. The smallest absolute Gasteiger partial charge is 0.165 e. The number of hydrogen-bond acceptors (Lipinski definition) is 5. The van der Waals surface area contributed by atoms with E-state index in [9.17, 15) is 0 Å². The first kappa shape index (κ1) is 15.0. The normalized spacial score (nSPS) is 12.0. The lowest BCUT2D eigenvalue weighted by atomic mass is 10.1. The fourth-order valence-corrected chi connectivity index (χ4v) is 2.06. The lowest BCUT2D eigenvalue weighted by molar-refractivity contribution is 0.281.